The van der Waals surface area contributed by atoms with Crippen LogP contribution in [0.5, 0.6) is 0 Å². The lowest BCUT2D eigenvalue weighted by Gasteiger charge is -2.07. The van der Waals surface area contributed by atoms with Crippen LogP contribution in [0.2, 0.25) is 0 Å². The lowest BCUT2D eigenvalue weighted by molar-refractivity contribution is 1.10. The summed E-state index contributed by atoms with van der Waals surface area (Å²) in [6.07, 6.45) is 1.77. The van der Waals surface area contributed by atoms with Crippen molar-refractivity contribution in [2.24, 2.45) is 0 Å². The van der Waals surface area contributed by atoms with Crippen LogP contribution in [0.3, 0.4) is 0 Å². The van der Waals surface area contributed by atoms with Gasteiger partial charge in [-0.15, -0.1) is 0 Å². The normalized spacial score (nSPS) is 10.1. The summed E-state index contributed by atoms with van der Waals surface area (Å²) in [6, 6.07) is 12.1. The Kier molecular flexibility index (Phi) is 3.96. The van der Waals surface area contributed by atoms with Gasteiger partial charge in [0.1, 0.15) is 5.82 Å². The van der Waals surface area contributed by atoms with Gasteiger partial charge in [0.25, 0.3) is 0 Å². The minimum atomic E-state index is 0.759. The standard InChI is InChI=1S/C12H10Br2N2/c13-10-4-1-3-9(7-10)8-16-12-11(14)5-2-6-15-12/h1-7H,8H2,(H,15,16). The van der Waals surface area contributed by atoms with Crippen LogP contribution in [0.4, 0.5) is 5.82 Å². The van der Waals surface area contributed by atoms with Crippen molar-refractivity contribution in [2.75, 3.05) is 5.32 Å². The zero-order valence-corrected chi connectivity index (χ0v) is 11.6. The van der Waals surface area contributed by atoms with Gasteiger partial charge in [-0.2, -0.15) is 0 Å². The topological polar surface area (TPSA) is 24.9 Å². The molecule has 1 N–H and O–H groups in total. The maximum atomic E-state index is 4.25. The highest BCUT2D eigenvalue weighted by Crippen LogP contribution is 2.19. The van der Waals surface area contributed by atoms with Gasteiger partial charge in [-0.3, -0.25) is 0 Å². The lowest BCUT2D eigenvalue weighted by Crippen LogP contribution is -2.01. The van der Waals surface area contributed by atoms with Crippen LogP contribution >= 0.6 is 31.9 Å². The second-order valence-corrected chi connectivity index (χ2v) is 5.09. The highest BCUT2D eigenvalue weighted by molar-refractivity contribution is 9.10. The number of pyridine rings is 1. The van der Waals surface area contributed by atoms with Crippen LogP contribution in [-0.2, 0) is 6.54 Å². The highest BCUT2D eigenvalue weighted by Gasteiger charge is 1.99. The number of rotatable bonds is 3. The molecule has 0 spiro atoms. The molecule has 0 fully saturated rings. The first-order valence-electron chi connectivity index (χ1n) is 4.84. The molecule has 16 heavy (non-hydrogen) atoms. The Bertz CT molecular complexity index is 486. The number of anilines is 1. The second-order valence-electron chi connectivity index (χ2n) is 3.32. The van der Waals surface area contributed by atoms with E-state index in [1.54, 1.807) is 6.20 Å². The van der Waals surface area contributed by atoms with E-state index in [0.29, 0.717) is 0 Å². The molecule has 82 valence electrons. The summed E-state index contributed by atoms with van der Waals surface area (Å²) < 4.78 is 2.07. The van der Waals surface area contributed by atoms with Gasteiger partial charge in [0.05, 0.1) is 4.47 Å². The van der Waals surface area contributed by atoms with Gasteiger partial charge in [-0.25, -0.2) is 4.98 Å². The van der Waals surface area contributed by atoms with E-state index in [-0.39, 0.29) is 0 Å². The monoisotopic (exact) mass is 340 g/mol. The van der Waals surface area contributed by atoms with Crippen LogP contribution in [0.1, 0.15) is 5.56 Å². The fourth-order valence-electron chi connectivity index (χ4n) is 1.35. The Labute approximate surface area is 111 Å². The van der Waals surface area contributed by atoms with Crippen molar-refractivity contribution in [2.45, 2.75) is 6.54 Å². The molecule has 0 atom stereocenters. The lowest BCUT2D eigenvalue weighted by atomic mass is 10.2. The van der Waals surface area contributed by atoms with Gasteiger partial charge >= 0.3 is 0 Å². The summed E-state index contributed by atoms with van der Waals surface area (Å²) in [5, 5.41) is 3.28. The van der Waals surface area contributed by atoms with Gasteiger partial charge in [0.2, 0.25) is 0 Å². The Hall–Kier alpha value is -0.870. The molecule has 0 aliphatic heterocycles. The van der Waals surface area contributed by atoms with Crippen molar-refractivity contribution < 1.29 is 0 Å². The molecule has 1 aromatic heterocycles. The molecule has 0 aliphatic rings. The molecule has 0 saturated heterocycles. The van der Waals surface area contributed by atoms with E-state index in [0.717, 1.165) is 21.3 Å². The summed E-state index contributed by atoms with van der Waals surface area (Å²) in [5.41, 5.74) is 1.21. The zero-order valence-electron chi connectivity index (χ0n) is 8.45. The van der Waals surface area contributed by atoms with Crippen LogP contribution in [0.15, 0.2) is 51.5 Å². The van der Waals surface area contributed by atoms with E-state index in [2.05, 4.69) is 54.3 Å². The van der Waals surface area contributed by atoms with Crippen molar-refractivity contribution in [3.63, 3.8) is 0 Å². The molecule has 0 amide bonds. The molecule has 1 aromatic carbocycles. The quantitative estimate of drug-likeness (QED) is 0.904. The maximum absolute atomic E-state index is 4.25. The average Bonchev–Trinajstić information content (AvgIpc) is 2.28. The Balaban J connectivity index is 2.05. The minimum absolute atomic E-state index is 0.759. The molecule has 2 aromatic rings. The third kappa shape index (κ3) is 3.06. The molecule has 0 radical (unpaired) electrons. The summed E-state index contributed by atoms with van der Waals surface area (Å²) in [5.74, 6) is 0.863. The molecule has 0 unspecified atom stereocenters. The number of halogens is 2. The Morgan fingerprint density at radius 1 is 1.12 bits per heavy atom. The minimum Gasteiger partial charge on any atom is -0.365 e. The predicted octanol–water partition coefficient (Wildman–Crippen LogP) is 4.22. The third-order valence-corrected chi connectivity index (χ3v) is 3.24. The van der Waals surface area contributed by atoms with Crippen molar-refractivity contribution in [3.8, 4) is 0 Å². The number of nitrogens with zero attached hydrogens (tertiary/aromatic N) is 1. The van der Waals surface area contributed by atoms with Crippen LogP contribution < -0.4 is 5.32 Å². The average molecular weight is 342 g/mol. The first-order chi connectivity index (χ1) is 7.75. The molecule has 0 saturated carbocycles. The number of nitrogens with one attached hydrogen (secondary N) is 1. The van der Waals surface area contributed by atoms with Crippen molar-refractivity contribution in [1.82, 2.24) is 4.98 Å². The number of aromatic nitrogens is 1. The summed E-state index contributed by atoms with van der Waals surface area (Å²) in [6.45, 7) is 0.759. The van der Waals surface area contributed by atoms with E-state index in [9.17, 15) is 0 Å². The smallest absolute Gasteiger partial charge is 0.140 e. The molecule has 0 bridgehead atoms. The van der Waals surface area contributed by atoms with Gasteiger partial charge in [-0.05, 0) is 45.8 Å². The van der Waals surface area contributed by atoms with Crippen molar-refractivity contribution in [3.05, 3.63) is 57.1 Å². The van der Waals surface area contributed by atoms with E-state index in [1.807, 2.05) is 24.3 Å². The summed E-state index contributed by atoms with van der Waals surface area (Å²) >= 11 is 6.90. The molecule has 0 aliphatic carbocycles. The third-order valence-electron chi connectivity index (χ3n) is 2.11. The Morgan fingerprint density at radius 3 is 2.75 bits per heavy atom. The Morgan fingerprint density at radius 2 is 2.00 bits per heavy atom. The second kappa shape index (κ2) is 5.46. The SMILES string of the molecule is Brc1cccc(CNc2ncccc2Br)c1. The van der Waals surface area contributed by atoms with Crippen LogP contribution in [-0.4, -0.2) is 4.98 Å². The van der Waals surface area contributed by atoms with Crippen molar-refractivity contribution in [1.29, 1.82) is 0 Å². The number of hydrogen-bond acceptors (Lipinski definition) is 2. The number of benzene rings is 1. The molecular formula is C12H10Br2N2. The fraction of sp³-hybridized carbons (Fsp3) is 0.0833. The van der Waals surface area contributed by atoms with Crippen LogP contribution in [0, 0.1) is 0 Å². The molecule has 2 rings (SSSR count). The van der Waals surface area contributed by atoms with E-state index < -0.39 is 0 Å². The van der Waals surface area contributed by atoms with Gasteiger partial charge in [0, 0.05) is 17.2 Å². The van der Waals surface area contributed by atoms with Crippen molar-refractivity contribution >= 4 is 37.7 Å². The van der Waals surface area contributed by atoms with E-state index >= 15 is 0 Å². The van der Waals surface area contributed by atoms with Gasteiger partial charge in [0.15, 0.2) is 0 Å². The maximum Gasteiger partial charge on any atom is 0.140 e. The molecule has 4 heteroatoms. The fourth-order valence-corrected chi connectivity index (χ4v) is 2.19. The van der Waals surface area contributed by atoms with Crippen LogP contribution in [0.25, 0.3) is 0 Å². The first-order valence-corrected chi connectivity index (χ1v) is 6.43. The number of hydrogen-bond donors (Lipinski definition) is 1. The predicted molar refractivity (Wildman–Crippen MR) is 73.4 cm³/mol. The van der Waals surface area contributed by atoms with E-state index in [1.165, 1.54) is 5.56 Å². The zero-order chi connectivity index (χ0) is 11.4. The first kappa shape index (κ1) is 11.6. The van der Waals surface area contributed by atoms with Gasteiger partial charge < -0.3 is 5.32 Å². The molecular weight excluding hydrogens is 332 g/mol. The highest BCUT2D eigenvalue weighted by atomic mass is 79.9. The largest absolute Gasteiger partial charge is 0.365 e. The molecule has 2 nitrogen and oxygen atoms in total. The summed E-state index contributed by atoms with van der Waals surface area (Å²) in [4.78, 5) is 4.25. The molecule has 1 heterocycles. The van der Waals surface area contributed by atoms with E-state index in [4.69, 9.17) is 0 Å². The van der Waals surface area contributed by atoms with Gasteiger partial charge in [-0.1, -0.05) is 28.1 Å². The summed E-state index contributed by atoms with van der Waals surface area (Å²) in [7, 11) is 0.